The number of rotatable bonds is 3. The third-order valence-electron chi connectivity index (χ3n) is 1.26. The summed E-state index contributed by atoms with van der Waals surface area (Å²) >= 11 is 1.56. The molecule has 11 heavy (non-hydrogen) atoms. The van der Waals surface area contributed by atoms with Gasteiger partial charge in [-0.1, -0.05) is 17.3 Å². The van der Waals surface area contributed by atoms with Gasteiger partial charge in [0.15, 0.2) is 0 Å². The van der Waals surface area contributed by atoms with E-state index in [-0.39, 0.29) is 0 Å². The number of thiophene rings is 1. The minimum atomic E-state index is 0.608. The van der Waals surface area contributed by atoms with Crippen molar-refractivity contribution in [1.29, 1.82) is 0 Å². The molecule has 0 unspecified atom stereocenters. The normalized spacial score (nSPS) is 11.5. The minimum absolute atomic E-state index is 0.608. The van der Waals surface area contributed by atoms with Crippen LogP contribution < -0.4 is 0 Å². The van der Waals surface area contributed by atoms with Gasteiger partial charge in [0.25, 0.3) is 0 Å². The number of hydrogen-bond acceptors (Lipinski definition) is 3. The quantitative estimate of drug-likeness (QED) is 0.319. The lowest BCUT2D eigenvalue weighted by Gasteiger charge is -1.94. The first-order valence-electron chi connectivity index (χ1n) is 3.24. The fraction of sp³-hybridized carbons (Fsp3) is 0.125. The van der Waals surface area contributed by atoms with E-state index in [4.69, 9.17) is 5.21 Å². The van der Waals surface area contributed by atoms with E-state index in [0.29, 0.717) is 12.1 Å². The van der Waals surface area contributed by atoms with E-state index in [0.717, 1.165) is 4.88 Å². The van der Waals surface area contributed by atoms with E-state index in [1.165, 1.54) is 0 Å². The van der Waals surface area contributed by atoms with Crippen LogP contribution in [-0.4, -0.2) is 10.9 Å². The van der Waals surface area contributed by atoms with Gasteiger partial charge in [0.05, 0.1) is 4.88 Å². The summed E-state index contributed by atoms with van der Waals surface area (Å²) in [5.41, 5.74) is 0.676. The second-order valence-electron chi connectivity index (χ2n) is 2.02. The topological polar surface area (TPSA) is 32.6 Å². The first-order chi connectivity index (χ1) is 5.38. The number of nitrogens with zero attached hydrogens (tertiary/aromatic N) is 1. The number of oxime groups is 1. The van der Waals surface area contributed by atoms with Gasteiger partial charge in [-0.3, -0.25) is 0 Å². The van der Waals surface area contributed by atoms with Crippen LogP contribution in [0.2, 0.25) is 0 Å². The molecule has 0 atom stereocenters. The molecule has 0 saturated carbocycles. The molecule has 3 heteroatoms. The summed E-state index contributed by atoms with van der Waals surface area (Å²) in [7, 11) is 0. The van der Waals surface area contributed by atoms with Crippen molar-refractivity contribution < 1.29 is 5.21 Å². The maximum Gasteiger partial charge on any atom is 0.100 e. The highest BCUT2D eigenvalue weighted by molar-refractivity contribution is 7.12. The van der Waals surface area contributed by atoms with Gasteiger partial charge in [0, 0.05) is 6.42 Å². The van der Waals surface area contributed by atoms with Crippen molar-refractivity contribution in [2.24, 2.45) is 5.16 Å². The zero-order valence-electron chi connectivity index (χ0n) is 6.03. The highest BCUT2D eigenvalue weighted by atomic mass is 32.1. The molecule has 0 spiro atoms. The van der Waals surface area contributed by atoms with E-state index in [9.17, 15) is 0 Å². The maximum atomic E-state index is 8.58. The predicted molar refractivity (Wildman–Crippen MR) is 47.5 cm³/mol. The Kier molecular flexibility index (Phi) is 2.86. The molecule has 58 valence electrons. The summed E-state index contributed by atoms with van der Waals surface area (Å²) in [5.74, 6) is 0. The van der Waals surface area contributed by atoms with E-state index in [1.807, 2.05) is 17.5 Å². The largest absolute Gasteiger partial charge is 0.411 e. The zero-order chi connectivity index (χ0) is 8.10. The summed E-state index contributed by atoms with van der Waals surface area (Å²) in [4.78, 5) is 0.993. The molecule has 0 aromatic carbocycles. The summed E-state index contributed by atoms with van der Waals surface area (Å²) in [6.07, 6.45) is 2.33. The van der Waals surface area contributed by atoms with Crippen LogP contribution in [0.5, 0.6) is 0 Å². The van der Waals surface area contributed by atoms with Crippen LogP contribution in [0.25, 0.3) is 0 Å². The van der Waals surface area contributed by atoms with Crippen molar-refractivity contribution in [3.8, 4) is 0 Å². The summed E-state index contributed by atoms with van der Waals surface area (Å²) in [6.45, 7) is 3.57. The molecule has 0 aliphatic carbocycles. The molecule has 0 fully saturated rings. The van der Waals surface area contributed by atoms with Crippen LogP contribution in [0.3, 0.4) is 0 Å². The molecule has 1 N–H and O–H groups in total. The Morgan fingerprint density at radius 1 is 1.82 bits per heavy atom. The van der Waals surface area contributed by atoms with Gasteiger partial charge < -0.3 is 5.21 Å². The summed E-state index contributed by atoms with van der Waals surface area (Å²) in [6, 6.07) is 3.84. The zero-order valence-corrected chi connectivity index (χ0v) is 6.84. The predicted octanol–water partition coefficient (Wildman–Crippen LogP) is 2.50. The Hall–Kier alpha value is -1.09. The third kappa shape index (κ3) is 1.91. The number of hydrogen-bond donors (Lipinski definition) is 1. The molecule has 0 aliphatic rings. The first kappa shape index (κ1) is 8.01. The van der Waals surface area contributed by atoms with Crippen molar-refractivity contribution in [3.63, 3.8) is 0 Å². The van der Waals surface area contributed by atoms with Crippen LogP contribution >= 0.6 is 11.3 Å². The van der Waals surface area contributed by atoms with Gasteiger partial charge in [0.2, 0.25) is 0 Å². The van der Waals surface area contributed by atoms with Crippen molar-refractivity contribution in [3.05, 3.63) is 35.0 Å². The average molecular weight is 167 g/mol. The van der Waals surface area contributed by atoms with Gasteiger partial charge in [0.1, 0.15) is 5.71 Å². The molecule has 0 radical (unpaired) electrons. The lowest BCUT2D eigenvalue weighted by molar-refractivity contribution is 0.318. The van der Waals surface area contributed by atoms with E-state index in [2.05, 4.69) is 11.7 Å². The van der Waals surface area contributed by atoms with Crippen molar-refractivity contribution >= 4 is 17.0 Å². The molecular weight excluding hydrogens is 158 g/mol. The molecule has 0 aliphatic heterocycles. The second-order valence-corrected chi connectivity index (χ2v) is 2.96. The summed E-state index contributed by atoms with van der Waals surface area (Å²) < 4.78 is 0. The molecule has 0 amide bonds. The van der Waals surface area contributed by atoms with Gasteiger partial charge in [-0.15, -0.1) is 17.9 Å². The minimum Gasteiger partial charge on any atom is -0.411 e. The molecule has 1 heterocycles. The monoisotopic (exact) mass is 167 g/mol. The standard InChI is InChI=1S/C8H9NOS/c1-2-4-7(9-10)8-5-3-6-11-8/h2-3,5-6,10H,1,4H2. The number of allylic oxidation sites excluding steroid dienone is 1. The van der Waals surface area contributed by atoms with Crippen molar-refractivity contribution in [2.45, 2.75) is 6.42 Å². The average Bonchev–Trinajstić information content (AvgIpc) is 2.52. The Bertz CT molecular complexity index is 251. The Morgan fingerprint density at radius 3 is 3.09 bits per heavy atom. The highest BCUT2D eigenvalue weighted by Crippen LogP contribution is 2.11. The summed E-state index contributed by atoms with van der Waals surface area (Å²) in [5, 5.41) is 13.7. The Morgan fingerprint density at radius 2 is 2.64 bits per heavy atom. The van der Waals surface area contributed by atoms with Crippen LogP contribution in [0.4, 0.5) is 0 Å². The second kappa shape index (κ2) is 3.93. The first-order valence-corrected chi connectivity index (χ1v) is 4.12. The van der Waals surface area contributed by atoms with Crippen molar-refractivity contribution in [1.82, 2.24) is 0 Å². The van der Waals surface area contributed by atoms with Crippen molar-refractivity contribution in [2.75, 3.05) is 0 Å². The van der Waals surface area contributed by atoms with E-state index >= 15 is 0 Å². The molecule has 1 aromatic heterocycles. The third-order valence-corrected chi connectivity index (χ3v) is 2.18. The van der Waals surface area contributed by atoms with Gasteiger partial charge in [-0.25, -0.2) is 0 Å². The molecule has 1 aromatic rings. The maximum absolute atomic E-state index is 8.58. The van der Waals surface area contributed by atoms with E-state index < -0.39 is 0 Å². The van der Waals surface area contributed by atoms with Crippen LogP contribution in [-0.2, 0) is 0 Å². The van der Waals surface area contributed by atoms with Gasteiger partial charge in [-0.2, -0.15) is 0 Å². The molecular formula is C8H9NOS. The van der Waals surface area contributed by atoms with Gasteiger partial charge >= 0.3 is 0 Å². The Labute approximate surface area is 69.5 Å². The lowest BCUT2D eigenvalue weighted by atomic mass is 10.2. The van der Waals surface area contributed by atoms with Gasteiger partial charge in [-0.05, 0) is 11.4 Å². The van der Waals surface area contributed by atoms with Crippen LogP contribution in [0.1, 0.15) is 11.3 Å². The highest BCUT2D eigenvalue weighted by Gasteiger charge is 2.01. The molecule has 1 rings (SSSR count). The Balaban J connectivity index is 2.80. The lowest BCUT2D eigenvalue weighted by Crippen LogP contribution is -1.94. The molecule has 0 saturated heterocycles. The van der Waals surface area contributed by atoms with Crippen LogP contribution in [0, 0.1) is 0 Å². The molecule has 2 nitrogen and oxygen atoms in total. The van der Waals surface area contributed by atoms with Crippen LogP contribution in [0.15, 0.2) is 35.3 Å². The fourth-order valence-electron chi connectivity index (χ4n) is 0.770. The SMILES string of the molecule is C=CCC(=NO)c1cccs1. The van der Waals surface area contributed by atoms with E-state index in [1.54, 1.807) is 17.4 Å². The fourth-order valence-corrected chi connectivity index (χ4v) is 1.49. The smallest absolute Gasteiger partial charge is 0.100 e. The molecule has 0 bridgehead atoms.